The summed E-state index contributed by atoms with van der Waals surface area (Å²) < 4.78 is 13.6. The maximum Gasteiger partial charge on any atom is 0.271 e. The summed E-state index contributed by atoms with van der Waals surface area (Å²) >= 11 is 0. The van der Waals surface area contributed by atoms with E-state index in [2.05, 4.69) is 25.5 Å². The topological polar surface area (TPSA) is 70.2 Å². The van der Waals surface area contributed by atoms with Gasteiger partial charge in [-0.25, -0.2) is 14.4 Å². The van der Waals surface area contributed by atoms with E-state index in [1.807, 2.05) is 13.0 Å². The Morgan fingerprint density at radius 3 is 2.81 bits per heavy atom. The molecule has 1 saturated heterocycles. The number of benzene rings is 1. The highest BCUT2D eigenvalue weighted by Gasteiger charge is 2.26. The summed E-state index contributed by atoms with van der Waals surface area (Å²) in [5, 5.41) is 6.30. The van der Waals surface area contributed by atoms with Crippen molar-refractivity contribution in [1.29, 1.82) is 0 Å². The quantitative estimate of drug-likeness (QED) is 0.868. The second kappa shape index (κ2) is 7.60. The van der Waals surface area contributed by atoms with E-state index in [1.54, 1.807) is 12.3 Å². The summed E-state index contributed by atoms with van der Waals surface area (Å²) in [5.74, 6) is 0.300. The van der Waals surface area contributed by atoms with Crippen LogP contribution in [0, 0.1) is 5.82 Å². The summed E-state index contributed by atoms with van der Waals surface area (Å²) in [4.78, 5) is 23.3. The third-order valence-electron chi connectivity index (χ3n) is 5.49. The molecule has 27 heavy (non-hydrogen) atoms. The molecule has 1 fully saturated rings. The number of rotatable bonds is 3. The minimum atomic E-state index is -0.224. The van der Waals surface area contributed by atoms with Gasteiger partial charge in [0, 0.05) is 12.6 Å². The lowest BCUT2D eigenvalue weighted by Gasteiger charge is -2.36. The van der Waals surface area contributed by atoms with E-state index < -0.39 is 0 Å². The summed E-state index contributed by atoms with van der Waals surface area (Å²) in [6.45, 7) is 4.67. The Morgan fingerprint density at radius 1 is 1.26 bits per heavy atom. The van der Waals surface area contributed by atoms with Gasteiger partial charge < -0.3 is 15.5 Å². The Labute approximate surface area is 158 Å². The van der Waals surface area contributed by atoms with Gasteiger partial charge in [-0.2, -0.15) is 0 Å². The van der Waals surface area contributed by atoms with Crippen LogP contribution in [-0.2, 0) is 6.42 Å². The number of anilines is 1. The van der Waals surface area contributed by atoms with Crippen LogP contribution in [0.15, 0.2) is 30.6 Å². The highest BCUT2D eigenvalue weighted by Crippen LogP contribution is 2.32. The van der Waals surface area contributed by atoms with Crippen molar-refractivity contribution in [1.82, 2.24) is 20.6 Å². The number of carbonyl (C=O) groups is 1. The van der Waals surface area contributed by atoms with E-state index in [1.165, 1.54) is 17.8 Å². The normalized spacial score (nSPS) is 20.2. The molecular formula is C20H24FN5O. The van der Waals surface area contributed by atoms with E-state index in [-0.39, 0.29) is 23.8 Å². The number of fused-ring (bicyclic) bond motifs is 1. The number of nitrogens with zero attached hydrogens (tertiary/aromatic N) is 3. The Kier molecular flexibility index (Phi) is 5.03. The molecular weight excluding hydrogens is 345 g/mol. The lowest BCUT2D eigenvalue weighted by molar-refractivity contribution is 0.0924. The molecule has 1 amide bonds. The smallest absolute Gasteiger partial charge is 0.271 e. The summed E-state index contributed by atoms with van der Waals surface area (Å²) in [6.07, 6.45) is 5.86. The lowest BCUT2D eigenvalue weighted by atomic mass is 9.93. The standard InChI is InChI=1S/C20H24FN5O/c1-13-17-10-15(21)3-2-14(17)6-9-26(13)19-12-23-18(11-24-19)20(27)25-16-4-7-22-8-5-16/h2-3,10-13,16,22H,4-9H2,1H3,(H,25,27). The third kappa shape index (κ3) is 3.78. The Bertz CT molecular complexity index is 820. The molecule has 0 saturated carbocycles. The molecule has 4 rings (SSSR count). The second-order valence-electron chi connectivity index (χ2n) is 7.22. The van der Waals surface area contributed by atoms with Crippen molar-refractivity contribution in [3.8, 4) is 0 Å². The fourth-order valence-electron chi connectivity index (χ4n) is 3.91. The van der Waals surface area contributed by atoms with Crippen molar-refractivity contribution in [2.24, 2.45) is 0 Å². The number of amides is 1. The summed E-state index contributed by atoms with van der Waals surface area (Å²) in [5.41, 5.74) is 2.48. The van der Waals surface area contributed by atoms with Crippen LogP contribution in [0.5, 0.6) is 0 Å². The van der Waals surface area contributed by atoms with Crippen molar-refractivity contribution in [2.75, 3.05) is 24.5 Å². The van der Waals surface area contributed by atoms with E-state index in [9.17, 15) is 9.18 Å². The first-order chi connectivity index (χ1) is 13.1. The third-order valence-corrected chi connectivity index (χ3v) is 5.49. The first kappa shape index (κ1) is 17.9. The van der Waals surface area contributed by atoms with E-state index in [0.29, 0.717) is 11.5 Å². The van der Waals surface area contributed by atoms with E-state index in [0.717, 1.165) is 44.5 Å². The zero-order chi connectivity index (χ0) is 18.8. The van der Waals surface area contributed by atoms with Gasteiger partial charge in [0.1, 0.15) is 17.3 Å². The molecule has 1 aromatic carbocycles. The van der Waals surface area contributed by atoms with Crippen LogP contribution in [-0.4, -0.2) is 41.6 Å². The molecule has 1 atom stereocenters. The van der Waals surface area contributed by atoms with Gasteiger partial charge in [-0.1, -0.05) is 6.07 Å². The zero-order valence-corrected chi connectivity index (χ0v) is 15.4. The van der Waals surface area contributed by atoms with Crippen LogP contribution in [0.4, 0.5) is 10.2 Å². The number of halogens is 1. The first-order valence-electron chi connectivity index (χ1n) is 9.50. The number of nitrogens with one attached hydrogen (secondary N) is 2. The Hall–Kier alpha value is -2.54. The van der Waals surface area contributed by atoms with Crippen molar-refractivity contribution >= 4 is 11.7 Å². The van der Waals surface area contributed by atoms with Crippen molar-refractivity contribution in [3.63, 3.8) is 0 Å². The number of hydrogen-bond acceptors (Lipinski definition) is 5. The maximum absolute atomic E-state index is 13.6. The summed E-state index contributed by atoms with van der Waals surface area (Å²) in [6, 6.07) is 5.16. The van der Waals surface area contributed by atoms with Gasteiger partial charge in [0.05, 0.1) is 18.4 Å². The van der Waals surface area contributed by atoms with E-state index in [4.69, 9.17) is 0 Å². The molecule has 6 nitrogen and oxygen atoms in total. The number of hydrogen-bond donors (Lipinski definition) is 2. The highest BCUT2D eigenvalue weighted by atomic mass is 19.1. The zero-order valence-electron chi connectivity index (χ0n) is 15.4. The van der Waals surface area contributed by atoms with Crippen LogP contribution in [0.25, 0.3) is 0 Å². The van der Waals surface area contributed by atoms with E-state index >= 15 is 0 Å². The fraction of sp³-hybridized carbons (Fsp3) is 0.450. The number of piperidine rings is 1. The first-order valence-corrected chi connectivity index (χ1v) is 9.50. The lowest BCUT2D eigenvalue weighted by Crippen LogP contribution is -2.43. The molecule has 7 heteroatoms. The van der Waals surface area contributed by atoms with Crippen LogP contribution >= 0.6 is 0 Å². The van der Waals surface area contributed by atoms with Crippen molar-refractivity contribution < 1.29 is 9.18 Å². The highest BCUT2D eigenvalue weighted by molar-refractivity contribution is 5.92. The van der Waals surface area contributed by atoms with Gasteiger partial charge >= 0.3 is 0 Å². The molecule has 2 N–H and O–H groups in total. The fourth-order valence-corrected chi connectivity index (χ4v) is 3.91. The average molecular weight is 369 g/mol. The SMILES string of the molecule is CC1c2cc(F)ccc2CCN1c1cnc(C(=O)NC2CCNCC2)cn1. The molecule has 1 unspecified atom stereocenters. The molecule has 2 aliphatic heterocycles. The van der Waals surface area contributed by atoms with Gasteiger partial charge in [-0.15, -0.1) is 0 Å². The van der Waals surface area contributed by atoms with Crippen LogP contribution in [0.1, 0.15) is 47.4 Å². The molecule has 2 aliphatic rings. The van der Waals surface area contributed by atoms with Crippen LogP contribution < -0.4 is 15.5 Å². The Morgan fingerprint density at radius 2 is 2.07 bits per heavy atom. The molecule has 142 valence electrons. The Balaban J connectivity index is 1.46. The van der Waals surface area contributed by atoms with Crippen LogP contribution in [0.3, 0.4) is 0 Å². The predicted molar refractivity (Wildman–Crippen MR) is 101 cm³/mol. The summed E-state index contributed by atoms with van der Waals surface area (Å²) in [7, 11) is 0. The molecule has 0 spiro atoms. The van der Waals surface area contributed by atoms with Crippen LogP contribution in [0.2, 0.25) is 0 Å². The minimum Gasteiger partial charge on any atom is -0.348 e. The van der Waals surface area contributed by atoms with Gasteiger partial charge in [0.15, 0.2) is 0 Å². The van der Waals surface area contributed by atoms with Gasteiger partial charge in [-0.05, 0) is 62.5 Å². The molecule has 0 aliphatic carbocycles. The molecule has 2 aromatic rings. The van der Waals surface area contributed by atoms with Crippen molar-refractivity contribution in [3.05, 3.63) is 53.2 Å². The van der Waals surface area contributed by atoms with Gasteiger partial charge in [-0.3, -0.25) is 4.79 Å². The van der Waals surface area contributed by atoms with Gasteiger partial charge in [0.25, 0.3) is 5.91 Å². The van der Waals surface area contributed by atoms with Gasteiger partial charge in [0.2, 0.25) is 0 Å². The average Bonchev–Trinajstić information content (AvgIpc) is 2.70. The minimum absolute atomic E-state index is 0.00756. The molecule has 0 bridgehead atoms. The maximum atomic E-state index is 13.6. The number of carbonyl (C=O) groups excluding carboxylic acids is 1. The predicted octanol–water partition coefficient (Wildman–Crippen LogP) is 2.22. The van der Waals surface area contributed by atoms with Crippen molar-refractivity contribution in [2.45, 2.75) is 38.3 Å². The largest absolute Gasteiger partial charge is 0.348 e. The monoisotopic (exact) mass is 369 g/mol. The molecule has 3 heterocycles. The molecule has 0 radical (unpaired) electrons. The number of aromatic nitrogens is 2. The molecule has 1 aromatic heterocycles. The second-order valence-corrected chi connectivity index (χ2v) is 7.22.